The minimum absolute atomic E-state index is 0.643. The predicted molar refractivity (Wildman–Crippen MR) is 89.0 cm³/mol. The fourth-order valence-corrected chi connectivity index (χ4v) is 2.54. The monoisotopic (exact) mass is 366 g/mol. The third kappa shape index (κ3) is 4.86. The SMILES string of the molecule is ICCCCc1ccccc1OCc1ccccc1. The molecule has 0 radical (unpaired) electrons. The van der Waals surface area contributed by atoms with Crippen LogP contribution < -0.4 is 4.74 Å². The van der Waals surface area contributed by atoms with Gasteiger partial charge in [-0.25, -0.2) is 0 Å². The highest BCUT2D eigenvalue weighted by atomic mass is 127. The standard InChI is InChI=1S/C17H19IO/c18-13-7-6-11-16-10-4-5-12-17(16)19-14-15-8-2-1-3-9-15/h1-5,8-10,12H,6-7,11,13-14H2. The van der Waals surface area contributed by atoms with Crippen molar-refractivity contribution in [2.75, 3.05) is 4.43 Å². The highest BCUT2D eigenvalue weighted by Crippen LogP contribution is 2.21. The van der Waals surface area contributed by atoms with Crippen LogP contribution in [0.25, 0.3) is 0 Å². The summed E-state index contributed by atoms with van der Waals surface area (Å²) in [4.78, 5) is 0. The zero-order valence-electron chi connectivity index (χ0n) is 11.0. The summed E-state index contributed by atoms with van der Waals surface area (Å²) in [5.74, 6) is 1.03. The Balaban J connectivity index is 1.95. The molecule has 0 atom stereocenters. The fraction of sp³-hybridized carbons (Fsp3) is 0.294. The smallest absolute Gasteiger partial charge is 0.122 e. The largest absolute Gasteiger partial charge is 0.489 e. The summed E-state index contributed by atoms with van der Waals surface area (Å²) >= 11 is 2.43. The molecule has 0 bridgehead atoms. The highest BCUT2D eigenvalue weighted by molar-refractivity contribution is 14.1. The predicted octanol–water partition coefficient (Wildman–Crippen LogP) is 5.02. The second-order valence-electron chi connectivity index (χ2n) is 4.53. The van der Waals surface area contributed by atoms with Crippen LogP contribution in [0.2, 0.25) is 0 Å². The fourth-order valence-electron chi connectivity index (χ4n) is 2.00. The van der Waals surface area contributed by atoms with E-state index in [0.29, 0.717) is 6.61 Å². The molecule has 0 amide bonds. The third-order valence-electron chi connectivity index (χ3n) is 3.04. The molecule has 100 valence electrons. The number of para-hydroxylation sites is 1. The molecule has 2 rings (SSSR count). The van der Waals surface area contributed by atoms with Gasteiger partial charge < -0.3 is 4.74 Å². The Labute approximate surface area is 129 Å². The van der Waals surface area contributed by atoms with E-state index >= 15 is 0 Å². The van der Waals surface area contributed by atoms with E-state index in [-0.39, 0.29) is 0 Å². The van der Waals surface area contributed by atoms with Crippen LogP contribution in [0.3, 0.4) is 0 Å². The van der Waals surface area contributed by atoms with E-state index in [9.17, 15) is 0 Å². The van der Waals surface area contributed by atoms with E-state index in [1.807, 2.05) is 24.3 Å². The van der Waals surface area contributed by atoms with E-state index in [2.05, 4.69) is 52.9 Å². The maximum atomic E-state index is 5.95. The number of unbranched alkanes of at least 4 members (excludes halogenated alkanes) is 1. The van der Waals surface area contributed by atoms with Crippen molar-refractivity contribution in [1.82, 2.24) is 0 Å². The van der Waals surface area contributed by atoms with Crippen molar-refractivity contribution < 1.29 is 4.74 Å². The topological polar surface area (TPSA) is 9.23 Å². The summed E-state index contributed by atoms with van der Waals surface area (Å²) in [6.07, 6.45) is 3.61. The van der Waals surface area contributed by atoms with Gasteiger partial charge in [0.15, 0.2) is 0 Å². The van der Waals surface area contributed by atoms with Crippen LogP contribution in [-0.4, -0.2) is 4.43 Å². The van der Waals surface area contributed by atoms with Crippen molar-refractivity contribution in [3.8, 4) is 5.75 Å². The molecule has 0 spiro atoms. The number of benzene rings is 2. The first kappa shape index (κ1) is 14.4. The number of rotatable bonds is 7. The first-order valence-corrected chi connectivity index (χ1v) is 8.23. The van der Waals surface area contributed by atoms with Gasteiger partial charge in [0, 0.05) is 0 Å². The van der Waals surface area contributed by atoms with Gasteiger partial charge >= 0.3 is 0 Å². The second-order valence-corrected chi connectivity index (χ2v) is 5.61. The van der Waals surface area contributed by atoms with Crippen LogP contribution in [-0.2, 0) is 13.0 Å². The summed E-state index contributed by atoms with van der Waals surface area (Å²) in [5, 5.41) is 0. The molecule has 2 heteroatoms. The normalized spacial score (nSPS) is 10.4. The molecule has 0 unspecified atom stereocenters. The Kier molecular flexibility index (Phi) is 6.21. The molecular weight excluding hydrogens is 347 g/mol. The number of halogens is 1. The first-order chi connectivity index (χ1) is 9.40. The van der Waals surface area contributed by atoms with E-state index in [1.165, 1.54) is 28.4 Å². The van der Waals surface area contributed by atoms with Gasteiger partial charge in [0.2, 0.25) is 0 Å². The van der Waals surface area contributed by atoms with Crippen LogP contribution in [0, 0.1) is 0 Å². The molecule has 19 heavy (non-hydrogen) atoms. The lowest BCUT2D eigenvalue weighted by Gasteiger charge is -2.11. The molecule has 1 nitrogen and oxygen atoms in total. The molecule has 2 aromatic rings. The van der Waals surface area contributed by atoms with Crippen molar-refractivity contribution in [3.63, 3.8) is 0 Å². The lowest BCUT2D eigenvalue weighted by molar-refractivity contribution is 0.302. The average molecular weight is 366 g/mol. The molecular formula is C17H19IO. The zero-order valence-corrected chi connectivity index (χ0v) is 13.2. The van der Waals surface area contributed by atoms with Gasteiger partial charge in [0.25, 0.3) is 0 Å². The molecule has 0 aromatic heterocycles. The molecule has 0 N–H and O–H groups in total. The van der Waals surface area contributed by atoms with Crippen LogP contribution in [0.4, 0.5) is 0 Å². The molecule has 0 aliphatic heterocycles. The minimum atomic E-state index is 0.643. The number of aryl methyl sites for hydroxylation is 1. The number of hydrogen-bond acceptors (Lipinski definition) is 1. The first-order valence-electron chi connectivity index (χ1n) is 6.71. The summed E-state index contributed by atoms with van der Waals surface area (Å²) in [7, 11) is 0. The molecule has 0 aliphatic carbocycles. The maximum absolute atomic E-state index is 5.95. The van der Waals surface area contributed by atoms with Crippen molar-refractivity contribution >= 4 is 22.6 Å². The highest BCUT2D eigenvalue weighted by Gasteiger charge is 2.03. The van der Waals surface area contributed by atoms with Crippen molar-refractivity contribution in [2.45, 2.75) is 25.9 Å². The number of hydrogen-bond donors (Lipinski definition) is 0. The van der Waals surface area contributed by atoms with Gasteiger partial charge in [-0.2, -0.15) is 0 Å². The van der Waals surface area contributed by atoms with Crippen LogP contribution >= 0.6 is 22.6 Å². The summed E-state index contributed by atoms with van der Waals surface area (Å²) in [6, 6.07) is 18.7. The maximum Gasteiger partial charge on any atom is 0.122 e. The Bertz CT molecular complexity index is 482. The van der Waals surface area contributed by atoms with Gasteiger partial charge in [-0.15, -0.1) is 0 Å². The van der Waals surface area contributed by atoms with E-state index in [1.54, 1.807) is 0 Å². The zero-order chi connectivity index (χ0) is 13.3. The van der Waals surface area contributed by atoms with Gasteiger partial charge in [-0.05, 0) is 40.9 Å². The van der Waals surface area contributed by atoms with Gasteiger partial charge in [-0.1, -0.05) is 71.1 Å². The van der Waals surface area contributed by atoms with Crippen molar-refractivity contribution in [3.05, 3.63) is 65.7 Å². The van der Waals surface area contributed by atoms with Gasteiger partial charge in [-0.3, -0.25) is 0 Å². The summed E-state index contributed by atoms with van der Waals surface area (Å²) in [6.45, 7) is 0.643. The van der Waals surface area contributed by atoms with Gasteiger partial charge in [0.1, 0.15) is 12.4 Å². The van der Waals surface area contributed by atoms with Crippen LogP contribution in [0.1, 0.15) is 24.0 Å². The Morgan fingerprint density at radius 2 is 1.58 bits per heavy atom. The third-order valence-corrected chi connectivity index (χ3v) is 3.80. The molecule has 0 saturated carbocycles. The molecule has 0 fully saturated rings. The average Bonchev–Trinajstić information content (AvgIpc) is 2.48. The van der Waals surface area contributed by atoms with E-state index in [0.717, 1.165) is 12.2 Å². The summed E-state index contributed by atoms with van der Waals surface area (Å²) < 4.78 is 7.18. The van der Waals surface area contributed by atoms with Crippen LogP contribution in [0.15, 0.2) is 54.6 Å². The van der Waals surface area contributed by atoms with Crippen LogP contribution in [0.5, 0.6) is 5.75 Å². The lowest BCUT2D eigenvalue weighted by Crippen LogP contribution is -1.98. The Hall–Kier alpha value is -1.03. The van der Waals surface area contributed by atoms with E-state index in [4.69, 9.17) is 4.74 Å². The Morgan fingerprint density at radius 3 is 2.37 bits per heavy atom. The number of ether oxygens (including phenoxy) is 1. The molecule has 0 aliphatic rings. The van der Waals surface area contributed by atoms with E-state index < -0.39 is 0 Å². The molecule has 2 aromatic carbocycles. The second kappa shape index (κ2) is 8.20. The molecule has 0 saturated heterocycles. The van der Waals surface area contributed by atoms with Crippen molar-refractivity contribution in [2.24, 2.45) is 0 Å². The lowest BCUT2D eigenvalue weighted by atomic mass is 10.1. The van der Waals surface area contributed by atoms with Crippen molar-refractivity contribution in [1.29, 1.82) is 0 Å². The Morgan fingerprint density at radius 1 is 0.842 bits per heavy atom. The van der Waals surface area contributed by atoms with Gasteiger partial charge in [0.05, 0.1) is 0 Å². The minimum Gasteiger partial charge on any atom is -0.489 e. The number of alkyl halides is 1. The molecule has 0 heterocycles. The summed E-state index contributed by atoms with van der Waals surface area (Å²) in [5.41, 5.74) is 2.54. The quantitative estimate of drug-likeness (QED) is 0.380.